The van der Waals surface area contributed by atoms with Crippen molar-refractivity contribution in [2.45, 2.75) is 57.6 Å². The summed E-state index contributed by atoms with van der Waals surface area (Å²) in [5.74, 6) is 0. The van der Waals surface area contributed by atoms with Gasteiger partial charge in [-0.2, -0.15) is 0 Å². The molecule has 0 radical (unpaired) electrons. The van der Waals surface area contributed by atoms with E-state index < -0.39 is 5.60 Å². The molecule has 1 aliphatic carbocycles. The Kier molecular flexibility index (Phi) is 10.4. The standard InChI is InChI=1S/C27H37N3O3/c1-21(18-22(19-28)8-7-14-27(2,3)32)24-9-5-6-10-25(24)26(11-15-31)29-20-30(4)23-12-16-33-17-13-23/h7-11,14-15,19-20,23,28,32H,1,5-6,12-13,16-18H2,2-4H3/b14-7+,22-8-,26-11-,28-19?,29-20?. The minimum Gasteiger partial charge on any atom is -0.386 e. The van der Waals surface area contributed by atoms with Crippen molar-refractivity contribution in [2.24, 2.45) is 4.99 Å². The summed E-state index contributed by atoms with van der Waals surface area (Å²) in [6.45, 7) is 9.18. The number of ether oxygens (including phenoxy) is 1. The average molecular weight is 452 g/mol. The molecule has 2 rings (SSSR count). The van der Waals surface area contributed by atoms with E-state index in [-0.39, 0.29) is 0 Å². The maximum absolute atomic E-state index is 11.4. The molecule has 1 saturated heterocycles. The summed E-state index contributed by atoms with van der Waals surface area (Å²) >= 11 is 0. The number of aliphatic imine (C=N–C) groups is 1. The molecule has 0 aromatic rings. The lowest BCUT2D eigenvalue weighted by molar-refractivity contribution is -0.104. The lowest BCUT2D eigenvalue weighted by Crippen LogP contribution is -2.35. The summed E-state index contributed by atoms with van der Waals surface area (Å²) in [6.07, 6.45) is 19.0. The highest BCUT2D eigenvalue weighted by Gasteiger charge is 2.19. The number of aliphatic hydroxyl groups is 1. The van der Waals surface area contributed by atoms with E-state index in [1.807, 2.05) is 13.1 Å². The number of allylic oxidation sites excluding steroid dienone is 8. The normalized spacial score (nSPS) is 18.9. The predicted octanol–water partition coefficient (Wildman–Crippen LogP) is 4.70. The minimum absolute atomic E-state index is 0.377. The van der Waals surface area contributed by atoms with Crippen molar-refractivity contribution in [1.29, 1.82) is 5.41 Å². The Morgan fingerprint density at radius 3 is 2.55 bits per heavy atom. The molecule has 0 bridgehead atoms. The van der Waals surface area contributed by atoms with Gasteiger partial charge in [0.05, 0.1) is 17.6 Å². The molecular weight excluding hydrogens is 414 g/mol. The molecule has 178 valence electrons. The van der Waals surface area contributed by atoms with Gasteiger partial charge in [-0.25, -0.2) is 4.99 Å². The Morgan fingerprint density at radius 1 is 1.27 bits per heavy atom. The monoisotopic (exact) mass is 451 g/mol. The number of carbonyl (C=O) groups excluding carboxylic acids is 1. The molecule has 1 fully saturated rings. The van der Waals surface area contributed by atoms with E-state index in [1.54, 1.807) is 32.3 Å². The summed E-state index contributed by atoms with van der Waals surface area (Å²) in [7, 11) is 2.01. The SMILES string of the molecule is C=C(C/C(C=N)=C/C=C/C(C)(C)O)C1=CCCC=C1/C(=C/C=O)N=CN(C)C1CCOCC1. The zero-order valence-corrected chi connectivity index (χ0v) is 20.1. The van der Waals surface area contributed by atoms with Crippen molar-refractivity contribution in [3.05, 3.63) is 71.0 Å². The molecule has 2 aliphatic rings. The Labute approximate surface area is 197 Å². The summed E-state index contributed by atoms with van der Waals surface area (Å²) in [5.41, 5.74) is 3.18. The second-order valence-electron chi connectivity index (χ2n) is 8.93. The van der Waals surface area contributed by atoms with Crippen LogP contribution in [0.1, 0.15) is 46.0 Å². The fourth-order valence-electron chi connectivity index (χ4n) is 3.77. The van der Waals surface area contributed by atoms with E-state index in [9.17, 15) is 9.90 Å². The maximum atomic E-state index is 11.4. The fraction of sp³-hybridized carbons (Fsp3) is 0.444. The van der Waals surface area contributed by atoms with Crippen molar-refractivity contribution in [3.8, 4) is 0 Å². The predicted molar refractivity (Wildman–Crippen MR) is 136 cm³/mol. The van der Waals surface area contributed by atoms with Crippen molar-refractivity contribution in [3.63, 3.8) is 0 Å². The molecule has 0 spiro atoms. The van der Waals surface area contributed by atoms with Crippen molar-refractivity contribution < 1.29 is 14.6 Å². The first kappa shape index (κ1) is 26.4. The van der Waals surface area contributed by atoms with Gasteiger partial charge in [0, 0.05) is 44.2 Å². The number of rotatable bonds is 11. The third kappa shape index (κ3) is 8.91. The van der Waals surface area contributed by atoms with Gasteiger partial charge < -0.3 is 20.2 Å². The highest BCUT2D eigenvalue weighted by atomic mass is 16.5. The van der Waals surface area contributed by atoms with E-state index in [4.69, 9.17) is 10.1 Å². The van der Waals surface area contributed by atoms with Crippen LogP contribution in [0.15, 0.2) is 76.0 Å². The van der Waals surface area contributed by atoms with Crippen LogP contribution in [-0.2, 0) is 9.53 Å². The smallest absolute Gasteiger partial charge is 0.145 e. The molecule has 0 unspecified atom stereocenters. The molecule has 6 nitrogen and oxygen atoms in total. The van der Waals surface area contributed by atoms with Crippen LogP contribution in [-0.4, -0.2) is 60.8 Å². The van der Waals surface area contributed by atoms with Gasteiger partial charge in [-0.1, -0.05) is 37.0 Å². The number of hydrogen-bond acceptors (Lipinski definition) is 5. The summed E-state index contributed by atoms with van der Waals surface area (Å²) in [4.78, 5) is 18.1. The molecule has 6 heteroatoms. The van der Waals surface area contributed by atoms with Crippen LogP contribution in [0.2, 0.25) is 0 Å². The van der Waals surface area contributed by atoms with Gasteiger partial charge in [0.1, 0.15) is 6.29 Å². The van der Waals surface area contributed by atoms with Crippen LogP contribution in [0, 0.1) is 5.41 Å². The molecule has 0 saturated carbocycles. The number of nitrogens with one attached hydrogen (secondary N) is 1. The number of hydrogen-bond donors (Lipinski definition) is 2. The number of aldehydes is 1. The van der Waals surface area contributed by atoms with Crippen LogP contribution in [0.25, 0.3) is 0 Å². The topological polar surface area (TPSA) is 86.0 Å². The van der Waals surface area contributed by atoms with E-state index in [1.165, 1.54) is 12.3 Å². The molecule has 2 N–H and O–H groups in total. The van der Waals surface area contributed by atoms with Gasteiger partial charge >= 0.3 is 0 Å². The van der Waals surface area contributed by atoms with Gasteiger partial charge in [0.25, 0.3) is 0 Å². The Bertz CT molecular complexity index is 892. The minimum atomic E-state index is -0.910. The van der Waals surface area contributed by atoms with Gasteiger partial charge in [0.15, 0.2) is 0 Å². The molecule has 0 aromatic carbocycles. The molecule has 33 heavy (non-hydrogen) atoms. The van der Waals surface area contributed by atoms with Gasteiger partial charge in [-0.3, -0.25) is 4.79 Å². The van der Waals surface area contributed by atoms with Gasteiger partial charge in [0.2, 0.25) is 0 Å². The van der Waals surface area contributed by atoms with Crippen LogP contribution in [0.3, 0.4) is 0 Å². The average Bonchev–Trinajstić information content (AvgIpc) is 2.80. The lowest BCUT2D eigenvalue weighted by atomic mass is 9.87. The molecular formula is C27H37N3O3. The molecule has 1 heterocycles. The highest BCUT2D eigenvalue weighted by molar-refractivity contribution is 5.78. The zero-order chi connectivity index (χ0) is 24.3. The highest BCUT2D eigenvalue weighted by Crippen LogP contribution is 2.33. The Morgan fingerprint density at radius 2 is 1.94 bits per heavy atom. The van der Waals surface area contributed by atoms with Crippen molar-refractivity contribution in [1.82, 2.24) is 4.90 Å². The molecule has 1 aliphatic heterocycles. The summed E-state index contributed by atoms with van der Waals surface area (Å²) < 4.78 is 5.44. The Balaban J connectivity index is 2.18. The third-order valence-corrected chi connectivity index (χ3v) is 5.60. The van der Waals surface area contributed by atoms with E-state index >= 15 is 0 Å². The molecule has 0 amide bonds. The van der Waals surface area contributed by atoms with Crippen molar-refractivity contribution in [2.75, 3.05) is 20.3 Å². The molecule has 0 atom stereocenters. The molecule has 0 aromatic heterocycles. The second kappa shape index (κ2) is 13.0. The third-order valence-electron chi connectivity index (χ3n) is 5.60. The Hall–Kier alpha value is -2.83. The van der Waals surface area contributed by atoms with E-state index in [0.29, 0.717) is 18.2 Å². The fourth-order valence-corrected chi connectivity index (χ4v) is 3.77. The summed E-state index contributed by atoms with van der Waals surface area (Å²) in [6, 6.07) is 0.377. The van der Waals surface area contributed by atoms with Crippen LogP contribution in [0.5, 0.6) is 0 Å². The van der Waals surface area contributed by atoms with Crippen molar-refractivity contribution >= 4 is 18.8 Å². The van der Waals surface area contributed by atoms with Crippen LogP contribution in [0.4, 0.5) is 0 Å². The first-order valence-electron chi connectivity index (χ1n) is 11.4. The van der Waals surface area contributed by atoms with Crippen LogP contribution < -0.4 is 0 Å². The van der Waals surface area contributed by atoms with Gasteiger partial charge in [-0.05, 0) is 62.7 Å². The van der Waals surface area contributed by atoms with E-state index in [2.05, 4.69) is 28.6 Å². The first-order chi connectivity index (χ1) is 15.7. The largest absolute Gasteiger partial charge is 0.386 e. The van der Waals surface area contributed by atoms with E-state index in [0.717, 1.165) is 67.5 Å². The zero-order valence-electron chi connectivity index (χ0n) is 20.1. The number of nitrogens with zero attached hydrogens (tertiary/aromatic N) is 2. The van der Waals surface area contributed by atoms with Gasteiger partial charge in [-0.15, -0.1) is 0 Å². The summed E-state index contributed by atoms with van der Waals surface area (Å²) in [5, 5.41) is 17.6. The lowest BCUT2D eigenvalue weighted by Gasteiger charge is -2.29. The first-order valence-corrected chi connectivity index (χ1v) is 11.4. The maximum Gasteiger partial charge on any atom is 0.145 e. The number of carbonyl (C=O) groups is 1. The second-order valence-corrected chi connectivity index (χ2v) is 8.93. The van der Waals surface area contributed by atoms with Crippen LogP contribution >= 0.6 is 0 Å². The quantitative estimate of drug-likeness (QED) is 0.157.